The topological polar surface area (TPSA) is 0 Å². The number of hydrogen-bond donors (Lipinski definition) is 0. The highest BCUT2D eigenvalue weighted by Gasteiger charge is 2.13. The van der Waals surface area contributed by atoms with Crippen LogP contribution in [0.3, 0.4) is 0 Å². The predicted octanol–water partition coefficient (Wildman–Crippen LogP) is 12.0. The molecule has 0 atom stereocenters. The lowest BCUT2D eigenvalue weighted by atomic mass is 9.88. The van der Waals surface area contributed by atoms with Crippen molar-refractivity contribution in [1.82, 2.24) is 0 Å². The molecule has 0 heteroatoms. The smallest absolute Gasteiger partial charge is 0.00239 e. The van der Waals surface area contributed by atoms with Crippen molar-refractivity contribution in [1.29, 1.82) is 0 Å². The fraction of sp³-hybridized carbons (Fsp3) is 0.556. The van der Waals surface area contributed by atoms with Gasteiger partial charge in [0, 0.05) is 0 Å². The van der Waals surface area contributed by atoms with E-state index in [4.69, 9.17) is 0 Å². The summed E-state index contributed by atoms with van der Waals surface area (Å²) < 4.78 is 0. The first-order chi connectivity index (χ1) is 17.8. The monoisotopic (exact) mass is 482 g/mol. The van der Waals surface area contributed by atoms with Gasteiger partial charge in [0.2, 0.25) is 0 Å². The molecular weight excluding hydrogens is 432 g/mol. The van der Waals surface area contributed by atoms with E-state index in [-0.39, 0.29) is 0 Å². The van der Waals surface area contributed by atoms with Crippen molar-refractivity contribution >= 4 is 32.3 Å². The van der Waals surface area contributed by atoms with Crippen LogP contribution < -0.4 is 0 Å². The van der Waals surface area contributed by atoms with Crippen LogP contribution in [0.15, 0.2) is 48.5 Å². The third-order valence-electron chi connectivity index (χ3n) is 8.44. The van der Waals surface area contributed by atoms with Gasteiger partial charge in [0.15, 0.2) is 0 Å². The SMILES string of the molecule is CCCCCCCCCCc1ccc2ccc3c(CCCCCCCCCC)ccc4ccc1c2c43. The molecule has 0 radical (unpaired) electrons. The Hall–Kier alpha value is -2.08. The number of aryl methyl sites for hydroxylation is 2. The molecule has 4 aromatic carbocycles. The first-order valence-corrected chi connectivity index (χ1v) is 15.5. The molecule has 0 saturated carbocycles. The molecule has 0 amide bonds. The van der Waals surface area contributed by atoms with Crippen LogP contribution in [0.5, 0.6) is 0 Å². The maximum absolute atomic E-state index is 2.41. The Balaban J connectivity index is 1.41. The van der Waals surface area contributed by atoms with Gasteiger partial charge in [-0.2, -0.15) is 0 Å². The minimum atomic E-state index is 1.22. The summed E-state index contributed by atoms with van der Waals surface area (Å²) in [6, 6.07) is 19.1. The lowest BCUT2D eigenvalue weighted by Crippen LogP contribution is -1.94. The van der Waals surface area contributed by atoms with Gasteiger partial charge in [-0.1, -0.05) is 152 Å². The summed E-state index contributed by atoms with van der Waals surface area (Å²) in [5.74, 6) is 0. The van der Waals surface area contributed by atoms with Crippen molar-refractivity contribution in [3.8, 4) is 0 Å². The van der Waals surface area contributed by atoms with Crippen molar-refractivity contribution in [2.75, 3.05) is 0 Å². The van der Waals surface area contributed by atoms with Crippen LogP contribution in [-0.2, 0) is 12.8 Å². The summed E-state index contributed by atoms with van der Waals surface area (Å²) in [5.41, 5.74) is 3.10. The Morgan fingerprint density at radius 3 is 1.08 bits per heavy atom. The van der Waals surface area contributed by atoms with Crippen LogP contribution in [0.4, 0.5) is 0 Å². The highest BCUT2D eigenvalue weighted by Crippen LogP contribution is 2.38. The zero-order valence-electron chi connectivity index (χ0n) is 23.3. The molecule has 0 unspecified atom stereocenters. The highest BCUT2D eigenvalue weighted by atomic mass is 14.2. The van der Waals surface area contributed by atoms with E-state index in [1.54, 1.807) is 11.1 Å². The molecule has 0 aromatic heterocycles. The van der Waals surface area contributed by atoms with Gasteiger partial charge in [0.05, 0.1) is 0 Å². The van der Waals surface area contributed by atoms with Gasteiger partial charge in [0.1, 0.15) is 0 Å². The second-order valence-corrected chi connectivity index (χ2v) is 11.3. The van der Waals surface area contributed by atoms with Gasteiger partial charge in [-0.15, -0.1) is 0 Å². The van der Waals surface area contributed by atoms with Crippen LogP contribution in [0.2, 0.25) is 0 Å². The molecule has 0 bridgehead atoms. The van der Waals surface area contributed by atoms with Crippen molar-refractivity contribution in [2.45, 2.75) is 129 Å². The molecule has 4 rings (SSSR count). The second kappa shape index (κ2) is 14.6. The molecule has 194 valence electrons. The lowest BCUT2D eigenvalue weighted by Gasteiger charge is -2.16. The predicted molar refractivity (Wildman–Crippen MR) is 163 cm³/mol. The van der Waals surface area contributed by atoms with Crippen molar-refractivity contribution in [3.05, 3.63) is 59.7 Å². The summed E-state index contributed by atoms with van der Waals surface area (Å²) in [6.07, 6.45) is 24.6. The molecule has 0 saturated heterocycles. The van der Waals surface area contributed by atoms with E-state index >= 15 is 0 Å². The van der Waals surface area contributed by atoms with Crippen LogP contribution in [0.1, 0.15) is 128 Å². The molecule has 0 fully saturated rings. The molecular formula is C36H50. The van der Waals surface area contributed by atoms with E-state index in [9.17, 15) is 0 Å². The molecule has 0 spiro atoms. The quantitative estimate of drug-likeness (QED) is 0.0976. The van der Waals surface area contributed by atoms with E-state index in [0.29, 0.717) is 0 Å². The van der Waals surface area contributed by atoms with Gasteiger partial charge in [0.25, 0.3) is 0 Å². The Labute approximate surface area is 221 Å². The minimum Gasteiger partial charge on any atom is -0.0654 e. The third-order valence-corrected chi connectivity index (χ3v) is 8.44. The summed E-state index contributed by atoms with van der Waals surface area (Å²) in [7, 11) is 0. The van der Waals surface area contributed by atoms with Crippen LogP contribution in [0.25, 0.3) is 32.3 Å². The van der Waals surface area contributed by atoms with Gasteiger partial charge in [-0.25, -0.2) is 0 Å². The fourth-order valence-corrected chi connectivity index (χ4v) is 6.26. The van der Waals surface area contributed by atoms with Crippen LogP contribution >= 0.6 is 0 Å². The summed E-state index contributed by atoms with van der Waals surface area (Å²) in [5, 5.41) is 8.84. The van der Waals surface area contributed by atoms with E-state index in [0.717, 1.165) is 0 Å². The molecule has 0 aliphatic heterocycles. The van der Waals surface area contributed by atoms with E-state index in [2.05, 4.69) is 62.4 Å². The Bertz CT molecular complexity index is 1070. The maximum Gasteiger partial charge on any atom is -0.00239 e. The Morgan fingerprint density at radius 2 is 0.694 bits per heavy atom. The largest absolute Gasteiger partial charge is 0.0654 e. The van der Waals surface area contributed by atoms with Crippen molar-refractivity contribution < 1.29 is 0 Å². The molecule has 0 nitrogen and oxygen atoms in total. The summed E-state index contributed by atoms with van der Waals surface area (Å²) in [6.45, 7) is 4.60. The highest BCUT2D eigenvalue weighted by molar-refractivity contribution is 6.24. The van der Waals surface area contributed by atoms with Gasteiger partial charge >= 0.3 is 0 Å². The first kappa shape index (κ1) is 27.0. The molecule has 0 N–H and O–H groups in total. The van der Waals surface area contributed by atoms with Gasteiger partial charge in [-0.05, 0) is 69.1 Å². The van der Waals surface area contributed by atoms with Crippen LogP contribution in [-0.4, -0.2) is 0 Å². The number of unbranched alkanes of at least 4 members (excludes halogenated alkanes) is 14. The van der Waals surface area contributed by atoms with Crippen molar-refractivity contribution in [3.63, 3.8) is 0 Å². The van der Waals surface area contributed by atoms with Gasteiger partial charge < -0.3 is 0 Å². The average Bonchev–Trinajstić information content (AvgIpc) is 2.91. The first-order valence-electron chi connectivity index (χ1n) is 15.5. The Morgan fingerprint density at radius 1 is 0.361 bits per heavy atom. The fourth-order valence-electron chi connectivity index (χ4n) is 6.26. The van der Waals surface area contributed by atoms with Crippen LogP contribution in [0, 0.1) is 0 Å². The summed E-state index contributed by atoms with van der Waals surface area (Å²) in [4.78, 5) is 0. The zero-order chi connectivity index (χ0) is 25.0. The number of benzene rings is 4. The van der Waals surface area contributed by atoms with E-state index in [1.807, 2.05) is 0 Å². The number of rotatable bonds is 18. The standard InChI is InChI=1S/C36H50/c1-3-5-7-9-11-13-15-17-19-29-21-23-31-26-28-34-30(20-18-16-14-12-10-8-6-4-2)22-24-32-25-27-33(29)35(31)36(32)34/h21-28H,3-20H2,1-2H3. The van der Waals surface area contributed by atoms with E-state index in [1.165, 1.54) is 148 Å². The second-order valence-electron chi connectivity index (χ2n) is 11.3. The average molecular weight is 483 g/mol. The van der Waals surface area contributed by atoms with Gasteiger partial charge in [-0.3, -0.25) is 0 Å². The molecule has 0 aliphatic carbocycles. The van der Waals surface area contributed by atoms with E-state index < -0.39 is 0 Å². The molecule has 4 aromatic rings. The Kier molecular flexibility index (Phi) is 10.9. The normalized spacial score (nSPS) is 11.9. The number of hydrogen-bond acceptors (Lipinski definition) is 0. The zero-order valence-corrected chi connectivity index (χ0v) is 23.3. The minimum absolute atomic E-state index is 1.22. The summed E-state index contributed by atoms with van der Waals surface area (Å²) >= 11 is 0. The third kappa shape index (κ3) is 7.02. The lowest BCUT2D eigenvalue weighted by molar-refractivity contribution is 0.576. The molecule has 0 heterocycles. The molecule has 36 heavy (non-hydrogen) atoms. The van der Waals surface area contributed by atoms with Crippen molar-refractivity contribution in [2.24, 2.45) is 0 Å². The maximum atomic E-state index is 2.41. The molecule has 0 aliphatic rings.